The lowest BCUT2D eigenvalue weighted by atomic mass is 9.96. The molecule has 0 aliphatic rings. The normalized spacial score (nSPS) is 13.6. The van der Waals surface area contributed by atoms with E-state index in [0.717, 1.165) is 11.4 Å². The number of halogens is 3. The number of amides is 1. The van der Waals surface area contributed by atoms with Gasteiger partial charge in [-0.2, -0.15) is 4.98 Å². The van der Waals surface area contributed by atoms with E-state index in [2.05, 4.69) is 15.3 Å². The van der Waals surface area contributed by atoms with Gasteiger partial charge in [0.2, 0.25) is 21.8 Å². The van der Waals surface area contributed by atoms with Gasteiger partial charge in [-0.25, -0.2) is 4.98 Å². The summed E-state index contributed by atoms with van der Waals surface area (Å²) >= 11 is 19.2. The van der Waals surface area contributed by atoms with Crippen LogP contribution in [-0.2, 0) is 4.79 Å². The highest BCUT2D eigenvalue weighted by Crippen LogP contribution is 2.32. The molecule has 0 radical (unpaired) electrons. The number of carbonyl (C=O) groups excluding carboxylic acids is 1. The molecule has 9 heteroatoms. The first-order valence-electron chi connectivity index (χ1n) is 6.96. The first-order chi connectivity index (χ1) is 10.4. The Hall–Kier alpha value is -0.430. The summed E-state index contributed by atoms with van der Waals surface area (Å²) in [6, 6.07) is 1.62. The number of carbonyl (C=O) groups is 1. The van der Waals surface area contributed by atoms with Crippen molar-refractivity contribution in [1.82, 2.24) is 15.3 Å². The van der Waals surface area contributed by atoms with Crippen molar-refractivity contribution in [2.24, 2.45) is 5.41 Å². The zero-order valence-electron chi connectivity index (χ0n) is 13.6. The van der Waals surface area contributed by atoms with Crippen molar-refractivity contribution in [2.75, 3.05) is 5.75 Å². The lowest BCUT2D eigenvalue weighted by Crippen LogP contribution is -2.51. The Morgan fingerprint density at radius 2 is 1.96 bits per heavy atom. The number of thioether (sulfide) groups is 1. The summed E-state index contributed by atoms with van der Waals surface area (Å²) in [5, 5.41) is 3.15. The van der Waals surface area contributed by atoms with E-state index in [1.807, 2.05) is 13.8 Å². The van der Waals surface area contributed by atoms with Crippen LogP contribution in [0.2, 0.25) is 0 Å². The van der Waals surface area contributed by atoms with Crippen LogP contribution in [0.1, 0.15) is 33.4 Å². The Morgan fingerprint density at radius 3 is 2.43 bits per heavy atom. The van der Waals surface area contributed by atoms with Crippen LogP contribution in [0, 0.1) is 12.3 Å². The molecule has 0 spiro atoms. The van der Waals surface area contributed by atoms with Crippen LogP contribution in [0.4, 0.5) is 0 Å². The summed E-state index contributed by atoms with van der Waals surface area (Å²) in [4.78, 5) is 20.7. The second-order valence-electron chi connectivity index (χ2n) is 5.83. The molecule has 0 unspecified atom stereocenters. The highest BCUT2D eigenvalue weighted by Gasteiger charge is 2.38. The number of rotatable bonds is 5. The summed E-state index contributed by atoms with van der Waals surface area (Å²) in [5.41, 5.74) is 0.0682. The third-order valence-electron chi connectivity index (χ3n) is 2.56. The monoisotopic (exact) mass is 399 g/mol. The fourth-order valence-corrected chi connectivity index (χ4v) is 2.32. The molecule has 0 aliphatic heterocycles. The van der Waals surface area contributed by atoms with Crippen LogP contribution in [0.15, 0.2) is 11.2 Å². The molecule has 0 saturated carbocycles. The van der Waals surface area contributed by atoms with Gasteiger partial charge in [0.1, 0.15) is 0 Å². The Labute approximate surface area is 155 Å². The highest BCUT2D eigenvalue weighted by atomic mass is 35.6. The molecule has 1 heterocycles. The van der Waals surface area contributed by atoms with Crippen molar-refractivity contribution in [3.05, 3.63) is 11.8 Å². The summed E-state index contributed by atoms with van der Waals surface area (Å²) in [6.45, 7) is 9.06. The minimum atomic E-state index is -1.85. The fourth-order valence-electron chi connectivity index (χ4n) is 1.40. The Balaban J connectivity index is 3.01. The van der Waals surface area contributed by atoms with Gasteiger partial charge in [0, 0.05) is 17.2 Å². The van der Waals surface area contributed by atoms with Crippen molar-refractivity contribution >= 4 is 52.5 Å². The molecule has 1 amide bonds. The second-order valence-corrected chi connectivity index (χ2v) is 9.43. The maximum atomic E-state index is 12.1. The molecule has 0 aliphatic carbocycles. The SMILES string of the molecule is CCSc1nc(C)cc(O[C@@H](NC(=O)C(C)(C)C)C(Cl)(Cl)Cl)n1. The van der Waals surface area contributed by atoms with E-state index >= 15 is 0 Å². The number of aromatic nitrogens is 2. The van der Waals surface area contributed by atoms with Gasteiger partial charge in [0.05, 0.1) is 0 Å². The summed E-state index contributed by atoms with van der Waals surface area (Å²) in [5.74, 6) is 0.749. The number of hydrogen-bond acceptors (Lipinski definition) is 5. The molecule has 1 atom stereocenters. The molecule has 0 bridgehead atoms. The number of alkyl halides is 3. The summed E-state index contributed by atoms with van der Waals surface area (Å²) < 4.78 is 3.77. The van der Waals surface area contributed by atoms with E-state index in [4.69, 9.17) is 39.5 Å². The van der Waals surface area contributed by atoms with Crippen molar-refractivity contribution < 1.29 is 9.53 Å². The van der Waals surface area contributed by atoms with Gasteiger partial charge in [-0.3, -0.25) is 4.79 Å². The minimum Gasteiger partial charge on any atom is -0.449 e. The molecule has 5 nitrogen and oxygen atoms in total. The number of ether oxygens (including phenoxy) is 1. The molecule has 130 valence electrons. The smallest absolute Gasteiger partial charge is 0.246 e. The fraction of sp³-hybridized carbons (Fsp3) is 0.643. The average molecular weight is 401 g/mol. The third-order valence-corrected chi connectivity index (χ3v) is 3.89. The molecule has 1 rings (SSSR count). The molecular formula is C14H20Cl3N3O2S. The predicted molar refractivity (Wildman–Crippen MR) is 95.5 cm³/mol. The second kappa shape index (κ2) is 8.10. The first-order valence-corrected chi connectivity index (χ1v) is 9.08. The topological polar surface area (TPSA) is 64.1 Å². The number of aryl methyl sites for hydroxylation is 1. The molecule has 1 N–H and O–H groups in total. The Bertz CT molecular complexity index is 559. The molecule has 0 saturated heterocycles. The van der Waals surface area contributed by atoms with E-state index < -0.39 is 15.4 Å². The minimum absolute atomic E-state index is 0.235. The van der Waals surface area contributed by atoms with Crippen molar-refractivity contribution in [1.29, 1.82) is 0 Å². The zero-order valence-corrected chi connectivity index (χ0v) is 16.7. The molecule has 0 aromatic carbocycles. The van der Waals surface area contributed by atoms with Gasteiger partial charge in [-0.05, 0) is 12.7 Å². The summed E-state index contributed by atoms with van der Waals surface area (Å²) in [6.07, 6.45) is -1.17. The maximum absolute atomic E-state index is 12.1. The molecule has 0 fully saturated rings. The number of nitrogens with one attached hydrogen (secondary N) is 1. The van der Waals surface area contributed by atoms with Crippen LogP contribution >= 0.6 is 46.6 Å². The molecule has 23 heavy (non-hydrogen) atoms. The molecule has 1 aromatic rings. The van der Waals surface area contributed by atoms with E-state index in [1.165, 1.54) is 11.8 Å². The largest absolute Gasteiger partial charge is 0.449 e. The van der Waals surface area contributed by atoms with Crippen molar-refractivity contribution in [3.8, 4) is 5.88 Å². The van der Waals surface area contributed by atoms with Gasteiger partial charge in [-0.1, -0.05) is 74.3 Å². The van der Waals surface area contributed by atoms with Crippen LogP contribution in [0.3, 0.4) is 0 Å². The van der Waals surface area contributed by atoms with Crippen molar-refractivity contribution in [2.45, 2.75) is 49.8 Å². The number of hydrogen-bond donors (Lipinski definition) is 1. The van der Waals surface area contributed by atoms with Crippen LogP contribution < -0.4 is 10.1 Å². The quantitative estimate of drug-likeness (QED) is 0.348. The average Bonchev–Trinajstić information content (AvgIpc) is 2.35. The Kier molecular flexibility index (Phi) is 7.26. The maximum Gasteiger partial charge on any atom is 0.246 e. The zero-order chi connectivity index (χ0) is 17.8. The number of nitrogens with zero attached hydrogens (tertiary/aromatic N) is 2. The lowest BCUT2D eigenvalue weighted by Gasteiger charge is -2.28. The Morgan fingerprint density at radius 1 is 1.35 bits per heavy atom. The van der Waals surface area contributed by atoms with E-state index in [-0.39, 0.29) is 11.8 Å². The standard InChI is InChI=1S/C14H20Cl3N3O2S/c1-6-23-12-18-8(2)7-9(19-12)22-11(14(15,16)17)20-10(21)13(3,4)5/h7,11H,6H2,1-5H3,(H,20,21)/t11-/m1/s1. The van der Waals surface area contributed by atoms with Gasteiger partial charge in [-0.15, -0.1) is 0 Å². The van der Waals surface area contributed by atoms with E-state index in [0.29, 0.717) is 5.16 Å². The molecular weight excluding hydrogens is 381 g/mol. The van der Waals surface area contributed by atoms with E-state index in [9.17, 15) is 4.79 Å². The van der Waals surface area contributed by atoms with Gasteiger partial charge in [0.25, 0.3) is 0 Å². The highest BCUT2D eigenvalue weighted by molar-refractivity contribution is 7.99. The predicted octanol–water partition coefficient (Wildman–Crippen LogP) is 4.13. The lowest BCUT2D eigenvalue weighted by molar-refractivity contribution is -0.131. The van der Waals surface area contributed by atoms with Gasteiger partial charge < -0.3 is 10.1 Å². The third kappa shape index (κ3) is 6.91. The molecule has 1 aromatic heterocycles. The summed E-state index contributed by atoms with van der Waals surface area (Å²) in [7, 11) is 0. The van der Waals surface area contributed by atoms with E-state index in [1.54, 1.807) is 26.8 Å². The van der Waals surface area contributed by atoms with Gasteiger partial charge >= 0.3 is 0 Å². The van der Waals surface area contributed by atoms with Crippen LogP contribution in [0.5, 0.6) is 5.88 Å². The van der Waals surface area contributed by atoms with Crippen LogP contribution in [-0.4, -0.2) is 31.6 Å². The van der Waals surface area contributed by atoms with Crippen molar-refractivity contribution in [3.63, 3.8) is 0 Å². The first kappa shape index (κ1) is 20.6. The van der Waals surface area contributed by atoms with Gasteiger partial charge in [0.15, 0.2) is 5.16 Å². The van der Waals surface area contributed by atoms with Crippen LogP contribution in [0.25, 0.3) is 0 Å².